The van der Waals surface area contributed by atoms with Crippen molar-refractivity contribution in [1.29, 1.82) is 0 Å². The number of sulfonamides is 1. The average molecular weight is 286 g/mol. The number of pyridine rings is 1. The summed E-state index contributed by atoms with van der Waals surface area (Å²) in [6.45, 7) is 2.96. The molecule has 1 saturated heterocycles. The lowest BCUT2D eigenvalue weighted by Crippen LogP contribution is -2.49. The van der Waals surface area contributed by atoms with Crippen molar-refractivity contribution in [3.05, 3.63) is 18.3 Å². The van der Waals surface area contributed by atoms with E-state index in [-0.39, 0.29) is 10.7 Å². The van der Waals surface area contributed by atoms with Crippen LogP contribution in [-0.4, -0.2) is 32.2 Å². The molecule has 0 aliphatic carbocycles. The Kier molecular flexibility index (Phi) is 4.04. The van der Waals surface area contributed by atoms with E-state index in [0.29, 0.717) is 26.1 Å². The van der Waals surface area contributed by atoms with Crippen molar-refractivity contribution < 1.29 is 13.2 Å². The number of hydrogen-bond donors (Lipinski definition) is 3. The number of hydrazine groups is 1. The molecule has 4 N–H and O–H groups in total. The minimum absolute atomic E-state index is 0.0924. The molecule has 19 heavy (non-hydrogen) atoms. The first-order valence-corrected chi connectivity index (χ1v) is 7.49. The van der Waals surface area contributed by atoms with Gasteiger partial charge in [0.1, 0.15) is 0 Å². The maximum absolute atomic E-state index is 12.4. The van der Waals surface area contributed by atoms with Crippen LogP contribution in [0.5, 0.6) is 0 Å². The van der Waals surface area contributed by atoms with Gasteiger partial charge < -0.3 is 10.2 Å². The van der Waals surface area contributed by atoms with Crippen LogP contribution in [0, 0.1) is 0 Å². The Labute approximate surface area is 112 Å². The third kappa shape index (κ3) is 3.21. The highest BCUT2D eigenvalue weighted by molar-refractivity contribution is 7.89. The molecular formula is C11H18N4O3S. The number of nitrogens with zero attached hydrogens (tertiary/aromatic N) is 1. The van der Waals surface area contributed by atoms with Gasteiger partial charge in [0.2, 0.25) is 0 Å². The first kappa shape index (κ1) is 14.2. The van der Waals surface area contributed by atoms with Crippen LogP contribution in [-0.2, 0) is 14.8 Å². The summed E-state index contributed by atoms with van der Waals surface area (Å²) in [6.07, 6.45) is 2.68. The van der Waals surface area contributed by atoms with Crippen molar-refractivity contribution in [3.63, 3.8) is 0 Å². The lowest BCUT2D eigenvalue weighted by molar-refractivity contribution is 0.0537. The number of nitrogens with two attached hydrogens (primary N) is 1. The number of hydrogen-bond acceptors (Lipinski definition) is 6. The molecule has 1 aromatic rings. The molecular weight excluding hydrogens is 268 g/mol. The summed E-state index contributed by atoms with van der Waals surface area (Å²) >= 11 is 0. The smallest absolute Gasteiger partial charge is 0.260 e. The molecule has 0 unspecified atom stereocenters. The topological polar surface area (TPSA) is 106 Å². The highest BCUT2D eigenvalue weighted by atomic mass is 32.2. The van der Waals surface area contributed by atoms with Crippen LogP contribution >= 0.6 is 0 Å². The fourth-order valence-electron chi connectivity index (χ4n) is 2.01. The minimum atomic E-state index is -3.72. The van der Waals surface area contributed by atoms with Gasteiger partial charge >= 0.3 is 0 Å². The Morgan fingerprint density at radius 3 is 2.74 bits per heavy atom. The van der Waals surface area contributed by atoms with E-state index >= 15 is 0 Å². The molecule has 1 fully saturated rings. The van der Waals surface area contributed by atoms with Crippen LogP contribution in [0.1, 0.15) is 19.8 Å². The van der Waals surface area contributed by atoms with Gasteiger partial charge in [0.05, 0.1) is 5.69 Å². The fraction of sp³-hybridized carbons (Fsp3) is 0.545. The maximum atomic E-state index is 12.4. The zero-order valence-electron chi connectivity index (χ0n) is 10.7. The number of anilines is 1. The van der Waals surface area contributed by atoms with Gasteiger partial charge in [-0.2, -0.15) is 0 Å². The largest absolute Gasteiger partial charge is 0.381 e. The molecule has 106 valence electrons. The normalized spacial score (nSPS) is 19.1. The van der Waals surface area contributed by atoms with Gasteiger partial charge in [0, 0.05) is 24.9 Å². The molecule has 2 rings (SSSR count). The van der Waals surface area contributed by atoms with Gasteiger partial charge in [0.15, 0.2) is 5.03 Å². The molecule has 1 aliphatic rings. The highest BCUT2D eigenvalue weighted by Crippen LogP contribution is 2.24. The SMILES string of the molecule is CC1(NS(=O)(=O)c2ncccc2NN)CCOCC1. The second kappa shape index (κ2) is 5.41. The summed E-state index contributed by atoms with van der Waals surface area (Å²) in [5.41, 5.74) is 2.10. The molecule has 1 aromatic heterocycles. The van der Waals surface area contributed by atoms with Crippen LogP contribution in [0.3, 0.4) is 0 Å². The third-order valence-electron chi connectivity index (χ3n) is 3.16. The van der Waals surface area contributed by atoms with E-state index in [9.17, 15) is 8.42 Å². The summed E-state index contributed by atoms with van der Waals surface area (Å²) in [5, 5.41) is -0.0924. The Balaban J connectivity index is 2.27. The van der Waals surface area contributed by atoms with Gasteiger partial charge in [-0.3, -0.25) is 5.84 Å². The van der Waals surface area contributed by atoms with Gasteiger partial charge in [-0.25, -0.2) is 18.1 Å². The molecule has 0 saturated carbocycles. The van der Waals surface area contributed by atoms with Gasteiger partial charge in [-0.15, -0.1) is 0 Å². The van der Waals surface area contributed by atoms with Crippen LogP contribution in [0.25, 0.3) is 0 Å². The monoisotopic (exact) mass is 286 g/mol. The first-order valence-electron chi connectivity index (χ1n) is 6.00. The van der Waals surface area contributed by atoms with Crippen molar-refractivity contribution in [1.82, 2.24) is 9.71 Å². The molecule has 7 nitrogen and oxygen atoms in total. The second-order valence-corrected chi connectivity index (χ2v) is 6.38. The predicted octanol–water partition coefficient (Wildman–Crippen LogP) is 0.215. The van der Waals surface area contributed by atoms with E-state index < -0.39 is 15.6 Å². The fourth-order valence-corrected chi connectivity index (χ4v) is 3.58. The summed E-state index contributed by atoms with van der Waals surface area (Å²) in [5.74, 6) is 5.31. The number of rotatable bonds is 4. The highest BCUT2D eigenvalue weighted by Gasteiger charge is 2.34. The van der Waals surface area contributed by atoms with Gasteiger partial charge in [0.25, 0.3) is 10.0 Å². The van der Waals surface area contributed by atoms with Crippen LogP contribution in [0.2, 0.25) is 0 Å². The third-order valence-corrected chi connectivity index (χ3v) is 4.75. The average Bonchev–Trinajstić information content (AvgIpc) is 2.38. The molecule has 1 aliphatic heterocycles. The Hall–Kier alpha value is -1.22. The lowest BCUT2D eigenvalue weighted by Gasteiger charge is -2.33. The molecule has 0 amide bonds. The molecule has 0 aromatic carbocycles. The molecule has 0 bridgehead atoms. The van der Waals surface area contributed by atoms with Crippen LogP contribution in [0.15, 0.2) is 23.4 Å². The number of nitrogens with one attached hydrogen (secondary N) is 2. The van der Waals surface area contributed by atoms with E-state index in [0.717, 1.165) is 0 Å². The zero-order chi connectivity index (χ0) is 13.9. The predicted molar refractivity (Wildman–Crippen MR) is 70.8 cm³/mol. The first-order chi connectivity index (χ1) is 8.97. The van der Waals surface area contributed by atoms with E-state index in [1.807, 2.05) is 6.92 Å². The quantitative estimate of drug-likeness (QED) is 0.540. The Morgan fingerprint density at radius 2 is 2.11 bits per heavy atom. The van der Waals surface area contributed by atoms with E-state index in [2.05, 4.69) is 15.1 Å². The van der Waals surface area contributed by atoms with E-state index in [4.69, 9.17) is 10.6 Å². The molecule has 0 atom stereocenters. The number of ether oxygens (including phenoxy) is 1. The standard InChI is InChI=1S/C11H18N4O3S/c1-11(4-7-18-8-5-11)15-19(16,17)10-9(14-12)3-2-6-13-10/h2-3,6,14-15H,4-5,7-8,12H2,1H3. The minimum Gasteiger partial charge on any atom is -0.381 e. The molecule has 0 radical (unpaired) electrons. The second-order valence-electron chi connectivity index (χ2n) is 4.78. The van der Waals surface area contributed by atoms with Crippen LogP contribution in [0.4, 0.5) is 5.69 Å². The maximum Gasteiger partial charge on any atom is 0.260 e. The zero-order valence-corrected chi connectivity index (χ0v) is 11.5. The van der Waals surface area contributed by atoms with Crippen molar-refractivity contribution in [2.45, 2.75) is 30.3 Å². The van der Waals surface area contributed by atoms with E-state index in [1.54, 1.807) is 12.1 Å². The Bertz CT molecular complexity index is 541. The number of nitrogen functional groups attached to an aromatic ring is 1. The summed E-state index contributed by atoms with van der Waals surface area (Å²) in [6, 6.07) is 3.18. The van der Waals surface area contributed by atoms with Crippen molar-refractivity contribution >= 4 is 15.7 Å². The summed E-state index contributed by atoms with van der Waals surface area (Å²) in [7, 11) is -3.72. The van der Waals surface area contributed by atoms with Gasteiger partial charge in [-0.1, -0.05) is 0 Å². The molecule has 2 heterocycles. The molecule has 0 spiro atoms. The number of aromatic nitrogens is 1. The molecule has 8 heteroatoms. The van der Waals surface area contributed by atoms with Crippen molar-refractivity contribution in [3.8, 4) is 0 Å². The van der Waals surface area contributed by atoms with E-state index in [1.165, 1.54) is 6.20 Å². The summed E-state index contributed by atoms with van der Waals surface area (Å²) < 4.78 is 32.7. The lowest BCUT2D eigenvalue weighted by atomic mass is 9.94. The Morgan fingerprint density at radius 1 is 1.42 bits per heavy atom. The van der Waals surface area contributed by atoms with Crippen molar-refractivity contribution in [2.24, 2.45) is 5.84 Å². The van der Waals surface area contributed by atoms with Crippen molar-refractivity contribution in [2.75, 3.05) is 18.6 Å². The summed E-state index contributed by atoms with van der Waals surface area (Å²) in [4.78, 5) is 3.89. The van der Waals surface area contributed by atoms with Crippen LogP contribution < -0.4 is 16.0 Å². The van der Waals surface area contributed by atoms with Gasteiger partial charge in [-0.05, 0) is 31.9 Å².